The van der Waals surface area contributed by atoms with Crippen molar-refractivity contribution in [1.29, 1.82) is 0 Å². The number of halogens is 1. The highest BCUT2D eigenvalue weighted by Crippen LogP contribution is 2.46. The number of likely N-dealkylation sites (tertiary alicyclic amines) is 1. The number of sulfone groups is 1. The second-order valence-corrected chi connectivity index (χ2v) is 15.2. The number of non-ortho nitro benzene ring substituents is 1. The lowest BCUT2D eigenvalue weighted by Gasteiger charge is -2.35. The Morgan fingerprint density at radius 1 is 0.963 bits per heavy atom. The number of nitro groups is 1. The van der Waals surface area contributed by atoms with Crippen molar-refractivity contribution in [3.05, 3.63) is 136 Å². The third-order valence-corrected chi connectivity index (χ3v) is 11.1. The average molecular weight is 760 g/mol. The zero-order valence-electron chi connectivity index (χ0n) is 29.5. The van der Waals surface area contributed by atoms with Crippen LogP contribution in [-0.4, -0.2) is 65.9 Å². The summed E-state index contributed by atoms with van der Waals surface area (Å²) in [5.74, 6) is -3.51. The molecule has 0 aliphatic carbocycles. The van der Waals surface area contributed by atoms with Crippen LogP contribution in [0.25, 0.3) is 0 Å². The molecule has 4 amide bonds. The number of hydrogen-bond acceptors (Lipinski definition) is 9. The lowest BCUT2D eigenvalue weighted by atomic mass is 9.99. The first-order valence-corrected chi connectivity index (χ1v) is 18.4. The van der Waals surface area contributed by atoms with Crippen molar-refractivity contribution in [2.24, 2.45) is 11.7 Å². The Balaban J connectivity index is 1.75. The van der Waals surface area contributed by atoms with Crippen LogP contribution in [0.3, 0.4) is 0 Å². The van der Waals surface area contributed by atoms with Gasteiger partial charge >= 0.3 is 12.0 Å². The standard InChI is InChI=1S/C38H38FN5O9S/c1-23(2)21-41-36(46)34-33(43(38(40)48)28-13-9-12-26(20-28)37(47)53-22-25-10-5-4-6-11-25)35(54(51,52)29-18-16-27(17-19-29)44(49)50)32(42(34)24(3)45)30-14-7-8-15-31(30)39/h4-20,23,32-35H,21-22H2,1-3H3,(H2,40,48)(H,41,46). The molecule has 282 valence electrons. The molecule has 3 N–H and O–H groups in total. The number of carbonyl (C=O) groups is 4. The quantitative estimate of drug-likeness (QED) is 0.114. The number of nitrogens with zero attached hydrogens (tertiary/aromatic N) is 3. The molecular weight excluding hydrogens is 722 g/mol. The van der Waals surface area contributed by atoms with Gasteiger partial charge in [-0.15, -0.1) is 0 Å². The zero-order chi connectivity index (χ0) is 39.3. The third-order valence-electron chi connectivity index (χ3n) is 8.95. The van der Waals surface area contributed by atoms with E-state index in [0.29, 0.717) is 5.56 Å². The number of ether oxygens (including phenoxy) is 1. The predicted molar refractivity (Wildman–Crippen MR) is 195 cm³/mol. The first kappa shape index (κ1) is 39.1. The maximum atomic E-state index is 15.8. The number of nitrogens with one attached hydrogen (secondary N) is 1. The van der Waals surface area contributed by atoms with Crippen LogP contribution in [0.4, 0.5) is 20.6 Å². The van der Waals surface area contributed by atoms with Gasteiger partial charge in [-0.3, -0.25) is 24.6 Å². The van der Waals surface area contributed by atoms with Gasteiger partial charge in [0.1, 0.15) is 23.7 Å². The van der Waals surface area contributed by atoms with Crippen molar-refractivity contribution in [2.75, 3.05) is 11.4 Å². The van der Waals surface area contributed by atoms with E-state index in [2.05, 4.69) is 5.32 Å². The lowest BCUT2D eigenvalue weighted by Crippen LogP contribution is -2.60. The van der Waals surface area contributed by atoms with Crippen molar-refractivity contribution < 1.29 is 41.6 Å². The molecule has 0 aromatic heterocycles. The fourth-order valence-electron chi connectivity index (χ4n) is 6.58. The maximum absolute atomic E-state index is 15.8. The van der Waals surface area contributed by atoms with E-state index in [-0.39, 0.29) is 35.9 Å². The van der Waals surface area contributed by atoms with E-state index in [4.69, 9.17) is 10.5 Å². The Morgan fingerprint density at radius 2 is 1.61 bits per heavy atom. The summed E-state index contributed by atoms with van der Waals surface area (Å²) in [6, 6.07) is 16.5. The van der Waals surface area contributed by atoms with Crippen LogP contribution >= 0.6 is 0 Å². The summed E-state index contributed by atoms with van der Waals surface area (Å²) in [6.45, 7) is 4.68. The molecule has 4 aromatic carbocycles. The first-order chi connectivity index (χ1) is 25.6. The van der Waals surface area contributed by atoms with Gasteiger partial charge in [-0.2, -0.15) is 0 Å². The van der Waals surface area contributed by atoms with Gasteiger partial charge in [0.25, 0.3) is 5.69 Å². The highest BCUT2D eigenvalue weighted by atomic mass is 32.2. The van der Waals surface area contributed by atoms with Crippen molar-refractivity contribution >= 4 is 45.0 Å². The molecule has 0 spiro atoms. The second kappa shape index (κ2) is 16.2. The number of nitrogens with two attached hydrogens (primary N) is 1. The number of carbonyl (C=O) groups excluding carboxylic acids is 4. The zero-order valence-corrected chi connectivity index (χ0v) is 30.3. The van der Waals surface area contributed by atoms with E-state index in [0.717, 1.165) is 47.1 Å². The Bertz CT molecular complexity index is 2170. The van der Waals surface area contributed by atoms with E-state index in [1.54, 1.807) is 44.2 Å². The topological polar surface area (TPSA) is 199 Å². The number of anilines is 1. The smallest absolute Gasteiger partial charge is 0.338 e. The van der Waals surface area contributed by atoms with Gasteiger partial charge < -0.3 is 20.7 Å². The van der Waals surface area contributed by atoms with E-state index in [1.165, 1.54) is 42.5 Å². The van der Waals surface area contributed by atoms with Gasteiger partial charge in [-0.25, -0.2) is 22.4 Å². The molecule has 14 nitrogen and oxygen atoms in total. The summed E-state index contributed by atoms with van der Waals surface area (Å²) >= 11 is 0. The average Bonchev–Trinajstić information content (AvgIpc) is 3.50. The Hall–Kier alpha value is -6.16. The minimum atomic E-state index is -4.87. The molecule has 4 unspecified atom stereocenters. The molecule has 0 saturated carbocycles. The van der Waals surface area contributed by atoms with Crippen LogP contribution in [-0.2, 0) is 30.8 Å². The summed E-state index contributed by atoms with van der Waals surface area (Å²) < 4.78 is 51.2. The monoisotopic (exact) mass is 759 g/mol. The minimum absolute atomic E-state index is 0.0580. The number of rotatable bonds is 12. The van der Waals surface area contributed by atoms with E-state index >= 15 is 4.39 Å². The summed E-state index contributed by atoms with van der Waals surface area (Å²) in [4.78, 5) is 66.9. The molecule has 16 heteroatoms. The molecular formula is C38H38FN5O9S. The summed E-state index contributed by atoms with van der Waals surface area (Å²) in [5.41, 5.74) is 5.82. The molecule has 1 aliphatic rings. The SMILES string of the molecule is CC(=O)N1C(C(=O)NCC(C)C)C(N(C(N)=O)c2cccc(C(=O)OCc3ccccc3)c2)C(S(=O)(=O)c2ccc([N+](=O)[O-])cc2)C1c1ccccc1F. The van der Waals surface area contributed by atoms with Crippen LogP contribution in [0.2, 0.25) is 0 Å². The fraction of sp³-hybridized carbons (Fsp3) is 0.263. The third kappa shape index (κ3) is 8.07. The molecule has 0 bridgehead atoms. The predicted octanol–water partition coefficient (Wildman–Crippen LogP) is 4.93. The van der Waals surface area contributed by atoms with Crippen LogP contribution in [0.1, 0.15) is 48.3 Å². The number of primary amides is 1. The molecule has 4 aromatic rings. The van der Waals surface area contributed by atoms with Gasteiger partial charge in [0.2, 0.25) is 11.8 Å². The largest absolute Gasteiger partial charge is 0.457 e. The van der Waals surface area contributed by atoms with Gasteiger partial charge in [0.05, 0.1) is 27.5 Å². The fourth-order valence-corrected chi connectivity index (χ4v) is 8.66. The van der Waals surface area contributed by atoms with Gasteiger partial charge in [-0.1, -0.05) is 68.4 Å². The highest BCUT2D eigenvalue weighted by molar-refractivity contribution is 7.92. The van der Waals surface area contributed by atoms with Crippen LogP contribution in [0.15, 0.2) is 108 Å². The molecule has 54 heavy (non-hydrogen) atoms. The summed E-state index contributed by atoms with van der Waals surface area (Å²) in [6.07, 6.45) is 0. The molecule has 4 atom stereocenters. The van der Waals surface area contributed by atoms with Crippen molar-refractivity contribution in [1.82, 2.24) is 10.2 Å². The number of urea groups is 1. The van der Waals surface area contributed by atoms with Crippen LogP contribution in [0.5, 0.6) is 0 Å². The van der Waals surface area contributed by atoms with Crippen molar-refractivity contribution in [3.8, 4) is 0 Å². The van der Waals surface area contributed by atoms with Crippen molar-refractivity contribution in [2.45, 2.75) is 55.6 Å². The highest BCUT2D eigenvalue weighted by Gasteiger charge is 2.62. The van der Waals surface area contributed by atoms with Crippen LogP contribution < -0.4 is 16.0 Å². The number of benzene rings is 4. The van der Waals surface area contributed by atoms with E-state index in [9.17, 15) is 37.7 Å². The summed E-state index contributed by atoms with van der Waals surface area (Å²) in [7, 11) is -4.87. The second-order valence-electron chi connectivity index (χ2n) is 13.0. The van der Waals surface area contributed by atoms with E-state index < -0.39 is 78.4 Å². The number of esters is 1. The molecule has 1 heterocycles. The first-order valence-electron chi connectivity index (χ1n) is 16.8. The number of hydrogen-bond donors (Lipinski definition) is 2. The van der Waals surface area contributed by atoms with Gasteiger partial charge in [0, 0.05) is 36.9 Å². The Morgan fingerprint density at radius 3 is 2.20 bits per heavy atom. The number of amides is 4. The Kier molecular flexibility index (Phi) is 11.7. The van der Waals surface area contributed by atoms with Crippen molar-refractivity contribution in [3.63, 3.8) is 0 Å². The van der Waals surface area contributed by atoms with E-state index in [1.807, 2.05) is 0 Å². The molecule has 1 saturated heterocycles. The summed E-state index contributed by atoms with van der Waals surface area (Å²) in [5, 5.41) is 12.1. The maximum Gasteiger partial charge on any atom is 0.338 e. The molecule has 1 fully saturated rings. The Labute approximate surface area is 310 Å². The lowest BCUT2D eigenvalue weighted by molar-refractivity contribution is -0.384. The molecule has 1 aliphatic heterocycles. The normalized spacial score (nSPS) is 18.2. The molecule has 0 radical (unpaired) electrons. The van der Waals surface area contributed by atoms with Gasteiger partial charge in [-0.05, 0) is 47.9 Å². The number of nitro benzene ring substituents is 1. The molecule has 5 rings (SSSR count). The van der Waals surface area contributed by atoms with Gasteiger partial charge in [0.15, 0.2) is 9.84 Å². The minimum Gasteiger partial charge on any atom is -0.457 e. The van der Waals surface area contributed by atoms with Crippen LogP contribution in [0, 0.1) is 21.8 Å².